The monoisotopic (exact) mass is 312 g/mol. The van der Waals surface area contributed by atoms with Gasteiger partial charge in [-0.2, -0.15) is 0 Å². The van der Waals surface area contributed by atoms with Crippen LogP contribution in [-0.4, -0.2) is 46.2 Å². The summed E-state index contributed by atoms with van der Waals surface area (Å²) in [5, 5.41) is 0. The number of fused-ring (bicyclic) bond motifs is 1. The summed E-state index contributed by atoms with van der Waals surface area (Å²) in [6.07, 6.45) is 8.95. The predicted molar refractivity (Wildman–Crippen MR) is 88.1 cm³/mol. The van der Waals surface area contributed by atoms with E-state index in [1.54, 1.807) is 0 Å². The van der Waals surface area contributed by atoms with Crippen molar-refractivity contribution in [2.45, 2.75) is 32.2 Å². The second kappa shape index (κ2) is 6.06. The maximum atomic E-state index is 5.56. The average molecular weight is 312 g/mol. The summed E-state index contributed by atoms with van der Waals surface area (Å²) in [7, 11) is 0. The summed E-state index contributed by atoms with van der Waals surface area (Å²) < 4.78 is 5.56. The molecule has 0 aromatic carbocycles. The van der Waals surface area contributed by atoms with Gasteiger partial charge in [-0.25, -0.2) is 4.98 Å². The summed E-state index contributed by atoms with van der Waals surface area (Å²) in [6.45, 7) is 6.31. The van der Waals surface area contributed by atoms with Crippen LogP contribution in [0, 0.1) is 5.41 Å². The Morgan fingerprint density at radius 2 is 2.26 bits per heavy atom. The van der Waals surface area contributed by atoms with Crippen LogP contribution < -0.4 is 0 Å². The Morgan fingerprint density at radius 3 is 3.04 bits per heavy atom. The van der Waals surface area contributed by atoms with Crippen LogP contribution in [-0.2, 0) is 11.2 Å². The molecule has 0 spiro atoms. The van der Waals surface area contributed by atoms with Gasteiger partial charge < -0.3 is 9.72 Å². The van der Waals surface area contributed by atoms with Gasteiger partial charge in [0, 0.05) is 50.8 Å². The van der Waals surface area contributed by atoms with Crippen molar-refractivity contribution in [2.24, 2.45) is 5.41 Å². The van der Waals surface area contributed by atoms with Gasteiger partial charge in [-0.05, 0) is 29.9 Å². The second-order valence-electron chi connectivity index (χ2n) is 7.10. The lowest BCUT2D eigenvalue weighted by Crippen LogP contribution is -2.44. The predicted octanol–water partition coefficient (Wildman–Crippen LogP) is 2.57. The van der Waals surface area contributed by atoms with Crippen LogP contribution in [0.15, 0.2) is 30.9 Å². The quantitative estimate of drug-likeness (QED) is 0.946. The zero-order valence-electron chi connectivity index (χ0n) is 13.7. The number of aromatic nitrogens is 3. The number of hydrogen-bond donors (Lipinski definition) is 1. The zero-order valence-corrected chi connectivity index (χ0v) is 13.7. The Morgan fingerprint density at radius 1 is 1.39 bits per heavy atom. The van der Waals surface area contributed by atoms with E-state index in [9.17, 15) is 0 Å². The molecule has 1 saturated heterocycles. The summed E-state index contributed by atoms with van der Waals surface area (Å²) >= 11 is 0. The zero-order chi connectivity index (χ0) is 15.7. The van der Waals surface area contributed by atoms with Gasteiger partial charge in [0.15, 0.2) is 0 Å². The molecule has 23 heavy (non-hydrogen) atoms. The maximum Gasteiger partial charge on any atom is 0.0926 e. The van der Waals surface area contributed by atoms with Crippen LogP contribution in [0.4, 0.5) is 0 Å². The molecule has 4 rings (SSSR count). The van der Waals surface area contributed by atoms with Gasteiger partial charge in [0.1, 0.15) is 0 Å². The third-order valence-corrected chi connectivity index (χ3v) is 5.31. The highest BCUT2D eigenvalue weighted by Gasteiger charge is 2.36. The van der Waals surface area contributed by atoms with Gasteiger partial charge in [-0.15, -0.1) is 0 Å². The Labute approximate surface area is 137 Å². The Hall–Kier alpha value is -1.72. The van der Waals surface area contributed by atoms with Crippen molar-refractivity contribution in [1.29, 1.82) is 0 Å². The molecule has 2 aromatic heterocycles. The lowest BCUT2D eigenvalue weighted by atomic mass is 9.80. The first-order valence-corrected chi connectivity index (χ1v) is 8.49. The van der Waals surface area contributed by atoms with Gasteiger partial charge in [0.05, 0.1) is 18.1 Å². The highest BCUT2D eigenvalue weighted by Crippen LogP contribution is 2.38. The summed E-state index contributed by atoms with van der Waals surface area (Å²) in [5.41, 5.74) is 4.00. The SMILES string of the molecule is CC1(CN2CCc3[nH]cnc3[C@H]2c2cccnc2)CCOCC1. The van der Waals surface area contributed by atoms with E-state index in [4.69, 9.17) is 4.74 Å². The molecule has 0 unspecified atom stereocenters. The molecule has 0 aliphatic carbocycles. The fraction of sp³-hybridized carbons (Fsp3) is 0.556. The van der Waals surface area contributed by atoms with Gasteiger partial charge in [0.25, 0.3) is 0 Å². The van der Waals surface area contributed by atoms with Crippen LogP contribution >= 0.6 is 0 Å². The molecule has 2 aliphatic rings. The summed E-state index contributed by atoms with van der Waals surface area (Å²) in [4.78, 5) is 14.9. The first kappa shape index (κ1) is 14.8. The van der Waals surface area contributed by atoms with E-state index in [1.165, 1.54) is 17.0 Å². The van der Waals surface area contributed by atoms with Crippen LogP contribution in [0.2, 0.25) is 0 Å². The summed E-state index contributed by atoms with van der Waals surface area (Å²) in [6, 6.07) is 4.39. The van der Waals surface area contributed by atoms with E-state index in [1.807, 2.05) is 24.8 Å². The number of hydrogen-bond acceptors (Lipinski definition) is 4. The molecule has 1 atom stereocenters. The number of rotatable bonds is 3. The summed E-state index contributed by atoms with van der Waals surface area (Å²) in [5.74, 6) is 0. The van der Waals surface area contributed by atoms with Crippen molar-refractivity contribution in [3.8, 4) is 0 Å². The first-order chi connectivity index (χ1) is 11.3. The number of pyridine rings is 1. The van der Waals surface area contributed by atoms with E-state index < -0.39 is 0 Å². The molecule has 122 valence electrons. The van der Waals surface area contributed by atoms with Crippen LogP contribution in [0.1, 0.15) is 42.8 Å². The number of H-pyrrole nitrogens is 1. The lowest BCUT2D eigenvalue weighted by Gasteiger charge is -2.43. The smallest absolute Gasteiger partial charge is 0.0926 e. The molecule has 0 bridgehead atoms. The van der Waals surface area contributed by atoms with Crippen LogP contribution in [0.5, 0.6) is 0 Å². The number of ether oxygens (including phenoxy) is 1. The third-order valence-electron chi connectivity index (χ3n) is 5.31. The molecule has 1 fully saturated rings. The fourth-order valence-electron chi connectivity index (χ4n) is 3.91. The highest BCUT2D eigenvalue weighted by molar-refractivity contribution is 5.31. The molecule has 5 nitrogen and oxygen atoms in total. The first-order valence-electron chi connectivity index (χ1n) is 8.49. The van der Waals surface area contributed by atoms with Crippen molar-refractivity contribution in [2.75, 3.05) is 26.3 Å². The van der Waals surface area contributed by atoms with E-state index >= 15 is 0 Å². The van der Waals surface area contributed by atoms with E-state index in [-0.39, 0.29) is 6.04 Å². The number of aromatic amines is 1. The Kier molecular flexibility index (Phi) is 3.91. The maximum absolute atomic E-state index is 5.56. The molecule has 0 radical (unpaired) electrons. The lowest BCUT2D eigenvalue weighted by molar-refractivity contribution is -0.00157. The van der Waals surface area contributed by atoms with Crippen molar-refractivity contribution in [3.63, 3.8) is 0 Å². The Bertz CT molecular complexity index is 648. The largest absolute Gasteiger partial charge is 0.381 e. The van der Waals surface area contributed by atoms with Crippen molar-refractivity contribution in [1.82, 2.24) is 19.9 Å². The van der Waals surface area contributed by atoms with Gasteiger partial charge >= 0.3 is 0 Å². The van der Waals surface area contributed by atoms with Gasteiger partial charge in [-0.3, -0.25) is 9.88 Å². The number of imidazole rings is 1. The van der Waals surface area contributed by atoms with Crippen molar-refractivity contribution < 1.29 is 4.74 Å². The van der Waals surface area contributed by atoms with Crippen LogP contribution in [0.25, 0.3) is 0 Å². The van der Waals surface area contributed by atoms with Crippen molar-refractivity contribution >= 4 is 0 Å². The standard InChI is InChI=1S/C18H24N4O/c1-18(5-9-23-10-6-18)12-22-8-4-15-16(21-13-20-15)17(22)14-3-2-7-19-11-14/h2-3,7,11,13,17H,4-6,8-10,12H2,1H3,(H,20,21)/t17-/m1/s1. The average Bonchev–Trinajstić information content (AvgIpc) is 3.04. The van der Waals surface area contributed by atoms with Crippen molar-refractivity contribution in [3.05, 3.63) is 47.8 Å². The van der Waals surface area contributed by atoms with Crippen LogP contribution in [0.3, 0.4) is 0 Å². The van der Waals surface area contributed by atoms with Gasteiger partial charge in [0.2, 0.25) is 0 Å². The topological polar surface area (TPSA) is 54.0 Å². The molecule has 0 saturated carbocycles. The van der Waals surface area contributed by atoms with E-state index in [0.717, 1.165) is 45.6 Å². The molecule has 2 aromatic rings. The minimum absolute atomic E-state index is 0.207. The van der Waals surface area contributed by atoms with Gasteiger partial charge in [-0.1, -0.05) is 13.0 Å². The number of nitrogens with zero attached hydrogens (tertiary/aromatic N) is 3. The molecular formula is C18H24N4O. The highest BCUT2D eigenvalue weighted by atomic mass is 16.5. The molecule has 2 aliphatic heterocycles. The van der Waals surface area contributed by atoms with E-state index in [0.29, 0.717) is 5.41 Å². The minimum atomic E-state index is 0.207. The Balaban J connectivity index is 1.65. The minimum Gasteiger partial charge on any atom is -0.381 e. The number of nitrogens with one attached hydrogen (secondary N) is 1. The molecule has 5 heteroatoms. The molecule has 0 amide bonds. The molecular weight excluding hydrogens is 288 g/mol. The van der Waals surface area contributed by atoms with E-state index in [2.05, 4.69) is 32.8 Å². The third kappa shape index (κ3) is 2.91. The normalized spacial score (nSPS) is 24.3. The molecule has 4 heterocycles. The second-order valence-corrected chi connectivity index (χ2v) is 7.10. The fourth-order valence-corrected chi connectivity index (χ4v) is 3.91. The molecule has 1 N–H and O–H groups in total.